The zero-order valence-electron chi connectivity index (χ0n) is 20.6. The first-order chi connectivity index (χ1) is 16.0. The number of carbonyl (C=O) groups is 1. The van der Waals surface area contributed by atoms with Crippen LogP contribution < -0.4 is 0 Å². The number of aryl methyl sites for hydroxylation is 1. The monoisotopic (exact) mass is 448 g/mol. The molecular weight excluding hydrogens is 408 g/mol. The van der Waals surface area contributed by atoms with Crippen LogP contribution in [-0.2, 0) is 11.2 Å². The van der Waals surface area contributed by atoms with Crippen LogP contribution in [-0.4, -0.2) is 11.1 Å². The van der Waals surface area contributed by atoms with Gasteiger partial charge in [0.15, 0.2) is 0 Å². The third-order valence-electron chi connectivity index (χ3n) is 8.72. The molecule has 1 unspecified atom stereocenters. The van der Waals surface area contributed by atoms with Crippen LogP contribution in [0.15, 0.2) is 12.1 Å². The summed E-state index contributed by atoms with van der Waals surface area (Å²) in [6, 6.07) is 8.61. The maximum atomic E-state index is 12.6. The van der Waals surface area contributed by atoms with Gasteiger partial charge in [-0.1, -0.05) is 70.9 Å². The molecule has 0 radical (unpaired) electrons. The van der Waals surface area contributed by atoms with Gasteiger partial charge in [-0.2, -0.15) is 10.5 Å². The number of aliphatic carboxylic acids is 1. The Morgan fingerprint density at radius 3 is 2.18 bits per heavy atom. The highest BCUT2D eigenvalue weighted by atomic mass is 16.4. The molecule has 1 atom stereocenters. The lowest BCUT2D eigenvalue weighted by Crippen LogP contribution is -2.51. The zero-order chi connectivity index (χ0) is 23.9. The first kappa shape index (κ1) is 25.3. The molecule has 0 amide bonds. The van der Waals surface area contributed by atoms with Gasteiger partial charge >= 0.3 is 5.97 Å². The van der Waals surface area contributed by atoms with E-state index in [1.165, 1.54) is 32.1 Å². The van der Waals surface area contributed by atoms with E-state index in [1.54, 1.807) is 0 Å². The Bertz CT molecular complexity index is 913. The minimum Gasteiger partial charge on any atom is -0.481 e. The summed E-state index contributed by atoms with van der Waals surface area (Å²) in [6.07, 6.45) is 15.6. The number of nitrogens with zero attached hydrogens (tertiary/aromatic N) is 2. The number of benzene rings is 1. The quantitative estimate of drug-likeness (QED) is 0.333. The molecule has 0 aromatic heterocycles. The Labute approximate surface area is 200 Å². The molecule has 0 heterocycles. The molecule has 3 aliphatic carbocycles. The summed E-state index contributed by atoms with van der Waals surface area (Å²) in [6.45, 7) is 4.38. The summed E-state index contributed by atoms with van der Waals surface area (Å²) < 4.78 is 0. The summed E-state index contributed by atoms with van der Waals surface area (Å²) >= 11 is 0. The largest absolute Gasteiger partial charge is 0.481 e. The fourth-order valence-electron chi connectivity index (χ4n) is 6.61. The van der Waals surface area contributed by atoms with E-state index in [4.69, 9.17) is 0 Å². The highest BCUT2D eigenvalue weighted by Crippen LogP contribution is 2.65. The third-order valence-corrected chi connectivity index (χ3v) is 8.72. The second-order valence-electron chi connectivity index (χ2n) is 10.6. The topological polar surface area (TPSA) is 84.9 Å². The molecule has 3 saturated carbocycles. The lowest BCUT2D eigenvalue weighted by atomic mass is 9.46. The van der Waals surface area contributed by atoms with Crippen LogP contribution in [0, 0.1) is 33.5 Å². The number of fused-ring (bicyclic) bond motifs is 3. The van der Waals surface area contributed by atoms with E-state index >= 15 is 0 Å². The fourth-order valence-corrected chi connectivity index (χ4v) is 6.61. The lowest BCUT2D eigenvalue weighted by Gasteiger charge is -2.56. The minimum atomic E-state index is -0.800. The summed E-state index contributed by atoms with van der Waals surface area (Å²) in [5.74, 6) is -0.905. The third kappa shape index (κ3) is 5.11. The van der Waals surface area contributed by atoms with Crippen LogP contribution in [0.4, 0.5) is 0 Å². The lowest BCUT2D eigenvalue weighted by molar-refractivity contribution is -0.162. The van der Waals surface area contributed by atoms with Gasteiger partial charge in [0.1, 0.15) is 12.1 Å². The van der Waals surface area contributed by atoms with E-state index in [-0.39, 0.29) is 11.3 Å². The molecule has 4 rings (SSSR count). The maximum absolute atomic E-state index is 12.6. The Balaban J connectivity index is 1.93. The van der Waals surface area contributed by atoms with Gasteiger partial charge < -0.3 is 5.11 Å². The van der Waals surface area contributed by atoms with Crippen molar-refractivity contribution in [2.45, 2.75) is 116 Å². The summed E-state index contributed by atoms with van der Waals surface area (Å²) in [7, 11) is 0. The van der Waals surface area contributed by atoms with Crippen molar-refractivity contribution in [3.8, 4) is 12.1 Å². The number of carboxylic acids is 1. The zero-order valence-corrected chi connectivity index (χ0v) is 20.6. The summed E-state index contributed by atoms with van der Waals surface area (Å²) in [5, 5.41) is 30.4. The van der Waals surface area contributed by atoms with Gasteiger partial charge in [-0.3, -0.25) is 4.79 Å². The molecule has 178 valence electrons. The number of hydrogen-bond donors (Lipinski definition) is 1. The molecule has 0 saturated heterocycles. The Hall–Kier alpha value is -2.33. The van der Waals surface area contributed by atoms with Crippen molar-refractivity contribution in [2.24, 2.45) is 10.8 Å². The minimum absolute atomic E-state index is 0.181. The van der Waals surface area contributed by atoms with E-state index in [2.05, 4.69) is 26.0 Å². The van der Waals surface area contributed by atoms with Gasteiger partial charge in [-0.25, -0.2) is 0 Å². The van der Waals surface area contributed by atoms with Crippen molar-refractivity contribution in [1.29, 1.82) is 10.5 Å². The molecule has 2 bridgehead atoms. The van der Waals surface area contributed by atoms with Gasteiger partial charge in [0.25, 0.3) is 0 Å². The van der Waals surface area contributed by atoms with Gasteiger partial charge in [-0.15, -0.1) is 0 Å². The summed E-state index contributed by atoms with van der Waals surface area (Å²) in [5.41, 5.74) is 2.04. The Kier molecular flexibility index (Phi) is 8.58. The molecule has 1 N–H and O–H groups in total. The van der Waals surface area contributed by atoms with Crippen LogP contribution >= 0.6 is 0 Å². The van der Waals surface area contributed by atoms with Crippen LogP contribution in [0.2, 0.25) is 0 Å². The van der Waals surface area contributed by atoms with Gasteiger partial charge in [0.05, 0.1) is 16.5 Å². The van der Waals surface area contributed by atoms with Crippen molar-refractivity contribution in [1.82, 2.24) is 0 Å². The van der Waals surface area contributed by atoms with Crippen LogP contribution in [0.3, 0.4) is 0 Å². The SMILES string of the molecule is CCCCCCCC12CCC(C(=O)O)(CC1)C(c1ccc(CCCCC)c(C#N)c1C#N)C2. The predicted octanol–water partition coefficient (Wildman–Crippen LogP) is 7.64. The smallest absolute Gasteiger partial charge is 0.310 e. The number of hydrogen-bond acceptors (Lipinski definition) is 3. The van der Waals surface area contributed by atoms with Crippen molar-refractivity contribution in [2.75, 3.05) is 0 Å². The number of rotatable bonds is 12. The van der Waals surface area contributed by atoms with Gasteiger partial charge in [0.2, 0.25) is 0 Å². The van der Waals surface area contributed by atoms with Crippen molar-refractivity contribution < 1.29 is 9.90 Å². The number of nitriles is 2. The van der Waals surface area contributed by atoms with E-state index in [0.29, 0.717) is 24.0 Å². The van der Waals surface area contributed by atoms with Crippen molar-refractivity contribution >= 4 is 5.97 Å². The highest BCUT2D eigenvalue weighted by molar-refractivity contribution is 5.77. The Morgan fingerprint density at radius 2 is 1.58 bits per heavy atom. The van der Waals surface area contributed by atoms with Gasteiger partial charge in [0, 0.05) is 5.92 Å². The molecule has 0 spiro atoms. The predicted molar refractivity (Wildman–Crippen MR) is 131 cm³/mol. The van der Waals surface area contributed by atoms with Crippen molar-refractivity contribution in [3.63, 3.8) is 0 Å². The molecule has 4 nitrogen and oxygen atoms in total. The molecule has 1 aromatic rings. The molecule has 1 aromatic carbocycles. The molecule has 33 heavy (non-hydrogen) atoms. The standard InChI is InChI=1S/C29H40N2O2/c1-3-5-7-8-10-14-28-15-17-29(18-16-28,27(32)33)26(19-28)23-13-12-22(11-9-6-4-2)24(20-30)25(23)21-31/h12-13,26H,3-11,14-19H2,1-2H3,(H,32,33). The van der Waals surface area contributed by atoms with Crippen LogP contribution in [0.5, 0.6) is 0 Å². The van der Waals surface area contributed by atoms with E-state index in [9.17, 15) is 20.4 Å². The van der Waals surface area contributed by atoms with E-state index in [1.807, 2.05) is 12.1 Å². The number of carboxylic acid groups (broad SMARTS) is 1. The van der Waals surface area contributed by atoms with E-state index in [0.717, 1.165) is 62.5 Å². The average molecular weight is 449 g/mol. The second-order valence-corrected chi connectivity index (χ2v) is 10.6. The molecule has 0 aliphatic heterocycles. The number of unbranched alkanes of at least 4 members (excludes halogenated alkanes) is 6. The average Bonchev–Trinajstić information content (AvgIpc) is 2.84. The van der Waals surface area contributed by atoms with Gasteiger partial charge in [-0.05, 0) is 67.9 Å². The Morgan fingerprint density at radius 1 is 0.939 bits per heavy atom. The molecule has 4 heteroatoms. The van der Waals surface area contributed by atoms with Crippen LogP contribution in [0.25, 0.3) is 0 Å². The normalized spacial score (nSPS) is 26.0. The second kappa shape index (κ2) is 11.2. The van der Waals surface area contributed by atoms with Crippen LogP contribution in [0.1, 0.15) is 132 Å². The highest BCUT2D eigenvalue weighted by Gasteiger charge is 2.58. The molecule has 3 aliphatic rings. The fraction of sp³-hybridized carbons (Fsp3) is 0.690. The molecule has 3 fully saturated rings. The van der Waals surface area contributed by atoms with E-state index < -0.39 is 11.4 Å². The first-order valence-corrected chi connectivity index (χ1v) is 13.2. The molecular formula is C29H40N2O2. The first-order valence-electron chi connectivity index (χ1n) is 13.2. The summed E-state index contributed by atoms with van der Waals surface area (Å²) in [4.78, 5) is 12.6. The van der Waals surface area contributed by atoms with Crippen molar-refractivity contribution in [3.05, 3.63) is 34.4 Å². The maximum Gasteiger partial charge on any atom is 0.310 e.